The molecule has 1 N–H and O–H groups in total. The first-order valence-corrected chi connectivity index (χ1v) is 8.37. The molecule has 1 rings (SSSR count). The first kappa shape index (κ1) is 17.1. The Morgan fingerprint density at radius 3 is 2.35 bits per heavy atom. The number of nitrogens with zero attached hydrogens (tertiary/aromatic N) is 2. The molecule has 0 saturated heterocycles. The first-order valence-electron chi connectivity index (χ1n) is 7.49. The molecular weight excluding hydrogens is 270 g/mol. The number of hydrogen-bond acceptors (Lipinski definition) is 4. The van der Waals surface area contributed by atoms with Crippen LogP contribution in [0, 0.1) is 0 Å². The van der Waals surface area contributed by atoms with E-state index in [9.17, 15) is 4.79 Å². The smallest absolute Gasteiger partial charge is 0.225 e. The van der Waals surface area contributed by atoms with Crippen LogP contribution in [0.4, 0.5) is 5.13 Å². The van der Waals surface area contributed by atoms with Crippen LogP contribution < -0.4 is 10.2 Å². The Hall–Kier alpha value is -0.940. The Labute approximate surface area is 126 Å². The largest absolute Gasteiger partial charge is 0.306 e. The van der Waals surface area contributed by atoms with Crippen LogP contribution in [0.1, 0.15) is 59.6 Å². The van der Waals surface area contributed by atoms with E-state index in [1.807, 2.05) is 12.3 Å². The molecule has 1 aromatic rings. The molecule has 1 aromatic heterocycles. The second kappa shape index (κ2) is 7.74. The van der Waals surface area contributed by atoms with E-state index in [4.69, 9.17) is 0 Å². The van der Waals surface area contributed by atoms with E-state index in [-0.39, 0.29) is 11.4 Å². The highest BCUT2D eigenvalue weighted by Crippen LogP contribution is 2.23. The fourth-order valence-corrected chi connectivity index (χ4v) is 3.33. The lowest BCUT2D eigenvalue weighted by Gasteiger charge is -2.31. The van der Waals surface area contributed by atoms with Crippen molar-refractivity contribution >= 4 is 22.4 Å². The number of rotatable bonds is 8. The summed E-state index contributed by atoms with van der Waals surface area (Å²) in [6.45, 7) is 11.7. The zero-order valence-electron chi connectivity index (χ0n) is 13.3. The Balaban J connectivity index is 2.71. The number of thiazole rings is 1. The van der Waals surface area contributed by atoms with E-state index < -0.39 is 0 Å². The average molecular weight is 297 g/mol. The topological polar surface area (TPSA) is 45.2 Å². The van der Waals surface area contributed by atoms with Gasteiger partial charge in [0.15, 0.2) is 5.13 Å². The molecule has 4 nitrogen and oxygen atoms in total. The summed E-state index contributed by atoms with van der Waals surface area (Å²) in [6, 6.07) is 0. The standard InChI is InChI=1S/C15H27N3OS/c1-6-15(7-2,8-3)16-10-13-11-20-14(17-13)18(9-4)12(5)19/h11,16H,6-10H2,1-5H3. The Morgan fingerprint density at radius 2 is 1.90 bits per heavy atom. The number of aromatic nitrogens is 1. The van der Waals surface area contributed by atoms with Crippen molar-refractivity contribution in [1.29, 1.82) is 0 Å². The maximum atomic E-state index is 11.5. The molecule has 0 saturated carbocycles. The molecule has 0 aliphatic heterocycles. The van der Waals surface area contributed by atoms with Crippen molar-refractivity contribution in [3.05, 3.63) is 11.1 Å². The van der Waals surface area contributed by atoms with Gasteiger partial charge in [-0.2, -0.15) is 0 Å². The van der Waals surface area contributed by atoms with Crippen molar-refractivity contribution in [3.8, 4) is 0 Å². The minimum absolute atomic E-state index is 0.0476. The predicted octanol–water partition coefficient (Wildman–Crippen LogP) is 3.57. The van der Waals surface area contributed by atoms with Crippen LogP contribution in [-0.4, -0.2) is 23.0 Å². The summed E-state index contributed by atoms with van der Waals surface area (Å²) >= 11 is 1.54. The van der Waals surface area contributed by atoms with Gasteiger partial charge in [-0.25, -0.2) is 4.98 Å². The third-order valence-electron chi connectivity index (χ3n) is 4.14. The summed E-state index contributed by atoms with van der Waals surface area (Å²) in [5, 5.41) is 6.48. The van der Waals surface area contributed by atoms with E-state index in [2.05, 4.69) is 31.1 Å². The molecule has 1 amide bonds. The second-order valence-corrected chi connectivity index (χ2v) is 5.92. The van der Waals surface area contributed by atoms with Crippen LogP contribution in [0.25, 0.3) is 0 Å². The van der Waals surface area contributed by atoms with Gasteiger partial charge in [0.05, 0.1) is 5.69 Å². The third-order valence-corrected chi connectivity index (χ3v) is 5.05. The highest BCUT2D eigenvalue weighted by atomic mass is 32.1. The van der Waals surface area contributed by atoms with E-state index in [1.165, 1.54) is 11.3 Å². The van der Waals surface area contributed by atoms with Crippen molar-refractivity contribution < 1.29 is 4.79 Å². The van der Waals surface area contributed by atoms with Gasteiger partial charge in [0.1, 0.15) is 0 Å². The summed E-state index contributed by atoms with van der Waals surface area (Å²) in [7, 11) is 0. The van der Waals surface area contributed by atoms with Crippen molar-refractivity contribution in [2.24, 2.45) is 0 Å². The lowest BCUT2D eigenvalue weighted by atomic mass is 9.90. The van der Waals surface area contributed by atoms with Crippen LogP contribution >= 0.6 is 11.3 Å². The number of carbonyl (C=O) groups is 1. The molecule has 0 aliphatic rings. The van der Waals surface area contributed by atoms with E-state index in [0.717, 1.165) is 36.6 Å². The minimum Gasteiger partial charge on any atom is -0.306 e. The fourth-order valence-electron chi connectivity index (χ4n) is 2.40. The normalized spacial score (nSPS) is 11.7. The van der Waals surface area contributed by atoms with Gasteiger partial charge in [-0.1, -0.05) is 20.8 Å². The van der Waals surface area contributed by atoms with Gasteiger partial charge in [-0.05, 0) is 26.2 Å². The fraction of sp³-hybridized carbons (Fsp3) is 0.733. The summed E-state index contributed by atoms with van der Waals surface area (Å²) in [6.07, 6.45) is 3.35. The van der Waals surface area contributed by atoms with Crippen LogP contribution in [0.15, 0.2) is 5.38 Å². The lowest BCUT2D eigenvalue weighted by molar-refractivity contribution is -0.116. The number of carbonyl (C=O) groups excluding carboxylic acids is 1. The zero-order valence-corrected chi connectivity index (χ0v) is 14.1. The van der Waals surface area contributed by atoms with Gasteiger partial charge >= 0.3 is 0 Å². The van der Waals surface area contributed by atoms with E-state index >= 15 is 0 Å². The van der Waals surface area contributed by atoms with Crippen LogP contribution in [-0.2, 0) is 11.3 Å². The molecule has 0 radical (unpaired) electrons. The molecular formula is C15H27N3OS. The zero-order chi connectivity index (χ0) is 15.2. The molecule has 1 heterocycles. The molecule has 0 fully saturated rings. The first-order chi connectivity index (χ1) is 9.51. The number of nitrogens with one attached hydrogen (secondary N) is 1. The molecule has 0 aromatic carbocycles. The number of anilines is 1. The van der Waals surface area contributed by atoms with Gasteiger partial charge in [0, 0.05) is 30.9 Å². The third kappa shape index (κ3) is 4.03. The molecule has 114 valence electrons. The quantitative estimate of drug-likeness (QED) is 0.798. The second-order valence-electron chi connectivity index (χ2n) is 5.08. The molecule has 0 spiro atoms. The van der Waals surface area contributed by atoms with Crippen LogP contribution in [0.3, 0.4) is 0 Å². The lowest BCUT2D eigenvalue weighted by Crippen LogP contribution is -2.43. The number of amides is 1. The Kier molecular flexibility index (Phi) is 6.62. The maximum Gasteiger partial charge on any atom is 0.225 e. The molecule has 0 atom stereocenters. The Morgan fingerprint density at radius 1 is 1.30 bits per heavy atom. The highest BCUT2D eigenvalue weighted by Gasteiger charge is 2.23. The van der Waals surface area contributed by atoms with Crippen molar-refractivity contribution in [2.45, 2.75) is 66.0 Å². The summed E-state index contributed by atoms with van der Waals surface area (Å²) < 4.78 is 0. The Bertz CT molecular complexity index is 418. The van der Waals surface area contributed by atoms with Crippen molar-refractivity contribution in [3.63, 3.8) is 0 Å². The average Bonchev–Trinajstić information content (AvgIpc) is 2.90. The summed E-state index contributed by atoms with van der Waals surface area (Å²) in [5.74, 6) is 0.0476. The van der Waals surface area contributed by atoms with Gasteiger partial charge in [0.25, 0.3) is 0 Å². The van der Waals surface area contributed by atoms with Crippen LogP contribution in [0.5, 0.6) is 0 Å². The van der Waals surface area contributed by atoms with Gasteiger partial charge in [-0.3, -0.25) is 9.69 Å². The minimum atomic E-state index is 0.0476. The summed E-state index contributed by atoms with van der Waals surface area (Å²) in [4.78, 5) is 17.8. The highest BCUT2D eigenvalue weighted by molar-refractivity contribution is 7.14. The van der Waals surface area contributed by atoms with Gasteiger partial charge in [0.2, 0.25) is 5.91 Å². The predicted molar refractivity (Wildman–Crippen MR) is 86.3 cm³/mol. The van der Waals surface area contributed by atoms with E-state index in [0.29, 0.717) is 6.54 Å². The summed E-state index contributed by atoms with van der Waals surface area (Å²) in [5.41, 5.74) is 1.22. The van der Waals surface area contributed by atoms with Crippen molar-refractivity contribution in [1.82, 2.24) is 10.3 Å². The van der Waals surface area contributed by atoms with Gasteiger partial charge < -0.3 is 5.32 Å². The molecule has 0 bridgehead atoms. The van der Waals surface area contributed by atoms with Crippen molar-refractivity contribution in [2.75, 3.05) is 11.4 Å². The monoisotopic (exact) mass is 297 g/mol. The molecule has 0 aliphatic carbocycles. The van der Waals surface area contributed by atoms with Gasteiger partial charge in [-0.15, -0.1) is 11.3 Å². The molecule has 0 unspecified atom stereocenters. The van der Waals surface area contributed by atoms with Crippen LogP contribution in [0.2, 0.25) is 0 Å². The number of hydrogen-bond donors (Lipinski definition) is 1. The maximum absolute atomic E-state index is 11.5. The molecule has 5 heteroatoms. The molecule has 20 heavy (non-hydrogen) atoms. The van der Waals surface area contributed by atoms with E-state index in [1.54, 1.807) is 11.8 Å². The SMILES string of the molecule is CCN(C(C)=O)c1nc(CNC(CC)(CC)CC)cs1.